The highest BCUT2D eigenvalue weighted by Gasteiger charge is 1.97. The molecular weight excluding hydrogens is 228 g/mol. The zero-order chi connectivity index (χ0) is 12.8. The third-order valence-electron chi connectivity index (χ3n) is 2.67. The van der Waals surface area contributed by atoms with Crippen molar-refractivity contribution in [3.8, 4) is 11.5 Å². The smallest absolute Gasteiger partial charge is 0.119 e. The van der Waals surface area contributed by atoms with Crippen molar-refractivity contribution < 1.29 is 14.6 Å². The maximum Gasteiger partial charge on any atom is 0.119 e. The summed E-state index contributed by atoms with van der Waals surface area (Å²) in [5.74, 6) is 1.63. The quantitative estimate of drug-likeness (QED) is 0.879. The fourth-order valence-electron chi connectivity index (χ4n) is 1.58. The van der Waals surface area contributed by atoms with Gasteiger partial charge in [-0.25, -0.2) is 0 Å². The number of aliphatic hydroxyl groups excluding tert-OH is 1. The van der Waals surface area contributed by atoms with Gasteiger partial charge < -0.3 is 14.6 Å². The van der Waals surface area contributed by atoms with E-state index in [0.717, 1.165) is 22.6 Å². The molecule has 3 nitrogen and oxygen atoms in total. The summed E-state index contributed by atoms with van der Waals surface area (Å²) >= 11 is 0. The van der Waals surface area contributed by atoms with Crippen LogP contribution in [0.1, 0.15) is 11.1 Å². The summed E-state index contributed by atoms with van der Waals surface area (Å²) in [6, 6.07) is 15.2. The molecule has 2 rings (SSSR count). The van der Waals surface area contributed by atoms with Crippen molar-refractivity contribution in [2.75, 3.05) is 7.11 Å². The zero-order valence-electron chi connectivity index (χ0n) is 10.3. The molecule has 1 N–H and O–H groups in total. The Hall–Kier alpha value is -2.00. The number of rotatable bonds is 5. The van der Waals surface area contributed by atoms with E-state index in [1.54, 1.807) is 7.11 Å². The fourth-order valence-corrected chi connectivity index (χ4v) is 1.58. The van der Waals surface area contributed by atoms with E-state index >= 15 is 0 Å². The van der Waals surface area contributed by atoms with Crippen LogP contribution in [-0.4, -0.2) is 12.2 Å². The molecule has 2 aromatic carbocycles. The lowest BCUT2D eigenvalue weighted by Crippen LogP contribution is -1.95. The highest BCUT2D eigenvalue weighted by Crippen LogP contribution is 2.16. The van der Waals surface area contributed by atoms with Crippen LogP contribution >= 0.6 is 0 Å². The first-order chi connectivity index (χ1) is 8.81. The predicted molar refractivity (Wildman–Crippen MR) is 69.7 cm³/mol. The maximum atomic E-state index is 8.93. The lowest BCUT2D eigenvalue weighted by Gasteiger charge is -2.07. The molecule has 0 saturated carbocycles. The Morgan fingerprint density at radius 1 is 0.833 bits per heavy atom. The first kappa shape index (κ1) is 12.5. The van der Waals surface area contributed by atoms with Gasteiger partial charge in [0.1, 0.15) is 18.1 Å². The number of methoxy groups -OCH3 is 1. The Morgan fingerprint density at radius 3 is 1.94 bits per heavy atom. The summed E-state index contributed by atoms with van der Waals surface area (Å²) in [6.45, 7) is 0.571. The van der Waals surface area contributed by atoms with E-state index in [0.29, 0.717) is 6.61 Å². The van der Waals surface area contributed by atoms with Crippen molar-refractivity contribution in [1.82, 2.24) is 0 Å². The molecule has 18 heavy (non-hydrogen) atoms. The van der Waals surface area contributed by atoms with E-state index < -0.39 is 0 Å². The Kier molecular flexibility index (Phi) is 4.20. The SMILES string of the molecule is COc1ccc(COc2ccc(CO)cc2)cc1. The maximum absolute atomic E-state index is 8.93. The van der Waals surface area contributed by atoms with Crippen molar-refractivity contribution >= 4 is 0 Å². The lowest BCUT2D eigenvalue weighted by atomic mass is 10.2. The molecule has 2 aromatic rings. The van der Waals surface area contributed by atoms with Crippen molar-refractivity contribution in [2.45, 2.75) is 13.2 Å². The average Bonchev–Trinajstić information content (AvgIpc) is 2.46. The van der Waals surface area contributed by atoms with Gasteiger partial charge in [-0.1, -0.05) is 24.3 Å². The molecule has 0 aliphatic heterocycles. The molecule has 0 heterocycles. The number of hydrogen-bond donors (Lipinski definition) is 1. The minimum absolute atomic E-state index is 0.0543. The first-order valence-electron chi connectivity index (χ1n) is 5.77. The molecule has 0 saturated heterocycles. The van der Waals surface area contributed by atoms with Crippen LogP contribution in [0.3, 0.4) is 0 Å². The van der Waals surface area contributed by atoms with Crippen LogP contribution in [0.15, 0.2) is 48.5 Å². The number of hydrogen-bond acceptors (Lipinski definition) is 3. The van der Waals surface area contributed by atoms with Crippen LogP contribution < -0.4 is 9.47 Å². The van der Waals surface area contributed by atoms with Crippen LogP contribution in [0, 0.1) is 0 Å². The molecule has 0 unspecified atom stereocenters. The van der Waals surface area contributed by atoms with Crippen molar-refractivity contribution in [3.05, 3.63) is 59.7 Å². The van der Waals surface area contributed by atoms with Gasteiger partial charge in [-0.2, -0.15) is 0 Å². The van der Waals surface area contributed by atoms with E-state index in [9.17, 15) is 0 Å². The lowest BCUT2D eigenvalue weighted by molar-refractivity contribution is 0.280. The van der Waals surface area contributed by atoms with Crippen molar-refractivity contribution in [2.24, 2.45) is 0 Å². The fraction of sp³-hybridized carbons (Fsp3) is 0.200. The van der Waals surface area contributed by atoms with Crippen molar-refractivity contribution in [1.29, 1.82) is 0 Å². The minimum Gasteiger partial charge on any atom is -0.497 e. The summed E-state index contributed by atoms with van der Waals surface area (Å²) in [4.78, 5) is 0. The van der Waals surface area contributed by atoms with E-state index in [1.165, 1.54) is 0 Å². The average molecular weight is 244 g/mol. The van der Waals surface area contributed by atoms with Gasteiger partial charge in [-0.3, -0.25) is 0 Å². The van der Waals surface area contributed by atoms with Gasteiger partial charge in [0.15, 0.2) is 0 Å². The van der Waals surface area contributed by atoms with Gasteiger partial charge in [-0.15, -0.1) is 0 Å². The Labute approximate surface area is 107 Å². The van der Waals surface area contributed by atoms with Gasteiger partial charge in [0, 0.05) is 0 Å². The Morgan fingerprint density at radius 2 is 1.39 bits per heavy atom. The van der Waals surface area contributed by atoms with Crippen LogP contribution in [0.5, 0.6) is 11.5 Å². The normalized spacial score (nSPS) is 10.1. The van der Waals surface area contributed by atoms with Gasteiger partial charge in [0.2, 0.25) is 0 Å². The standard InChI is InChI=1S/C15H16O3/c1-17-14-6-4-13(5-7-14)11-18-15-8-2-12(10-16)3-9-15/h2-9,16H,10-11H2,1H3. The van der Waals surface area contributed by atoms with Crippen LogP contribution in [0.25, 0.3) is 0 Å². The molecule has 0 fully saturated rings. The third-order valence-corrected chi connectivity index (χ3v) is 2.67. The van der Waals surface area contributed by atoms with E-state index in [2.05, 4.69) is 0 Å². The molecule has 0 aliphatic rings. The summed E-state index contributed by atoms with van der Waals surface area (Å²) in [5, 5.41) is 8.93. The number of benzene rings is 2. The zero-order valence-corrected chi connectivity index (χ0v) is 10.3. The van der Waals surface area contributed by atoms with Gasteiger partial charge in [0.05, 0.1) is 13.7 Å². The molecule has 0 amide bonds. The van der Waals surface area contributed by atoms with Gasteiger partial charge >= 0.3 is 0 Å². The van der Waals surface area contributed by atoms with E-state index in [4.69, 9.17) is 14.6 Å². The Bertz CT molecular complexity index is 427. The van der Waals surface area contributed by atoms with Crippen LogP contribution in [0.2, 0.25) is 0 Å². The molecule has 0 spiro atoms. The second-order valence-corrected chi connectivity index (χ2v) is 3.94. The number of ether oxygens (including phenoxy) is 2. The van der Waals surface area contributed by atoms with Crippen LogP contribution in [0.4, 0.5) is 0 Å². The highest BCUT2D eigenvalue weighted by atomic mass is 16.5. The molecule has 3 heteroatoms. The van der Waals surface area contributed by atoms with E-state index in [-0.39, 0.29) is 6.61 Å². The topological polar surface area (TPSA) is 38.7 Å². The van der Waals surface area contributed by atoms with E-state index in [1.807, 2.05) is 48.5 Å². The molecule has 94 valence electrons. The summed E-state index contributed by atoms with van der Waals surface area (Å²) < 4.78 is 10.7. The van der Waals surface area contributed by atoms with Crippen LogP contribution in [-0.2, 0) is 13.2 Å². The summed E-state index contributed by atoms with van der Waals surface area (Å²) in [6.07, 6.45) is 0. The number of aliphatic hydroxyl groups is 1. The second kappa shape index (κ2) is 6.07. The molecule has 0 aromatic heterocycles. The third kappa shape index (κ3) is 3.25. The van der Waals surface area contributed by atoms with Crippen molar-refractivity contribution in [3.63, 3.8) is 0 Å². The first-order valence-corrected chi connectivity index (χ1v) is 5.77. The highest BCUT2D eigenvalue weighted by molar-refractivity contribution is 5.29. The minimum atomic E-state index is 0.0543. The molecule has 0 atom stereocenters. The van der Waals surface area contributed by atoms with Gasteiger partial charge in [0.25, 0.3) is 0 Å². The molecule has 0 bridgehead atoms. The Balaban J connectivity index is 1.93. The molecule has 0 radical (unpaired) electrons. The summed E-state index contributed by atoms with van der Waals surface area (Å²) in [5.41, 5.74) is 1.97. The monoisotopic (exact) mass is 244 g/mol. The molecular formula is C15H16O3. The van der Waals surface area contributed by atoms with Gasteiger partial charge in [-0.05, 0) is 35.4 Å². The summed E-state index contributed by atoms with van der Waals surface area (Å²) in [7, 11) is 1.65. The largest absolute Gasteiger partial charge is 0.497 e. The predicted octanol–water partition coefficient (Wildman–Crippen LogP) is 2.77. The second-order valence-electron chi connectivity index (χ2n) is 3.94. The molecule has 0 aliphatic carbocycles.